The summed E-state index contributed by atoms with van der Waals surface area (Å²) in [7, 11) is 0. The summed E-state index contributed by atoms with van der Waals surface area (Å²) in [5.41, 5.74) is 2.54. The normalized spacial score (nSPS) is 10.4. The zero-order chi connectivity index (χ0) is 13.2. The van der Waals surface area contributed by atoms with Gasteiger partial charge in [0.05, 0.1) is 0 Å². The molecule has 0 radical (unpaired) electrons. The first-order valence-corrected chi connectivity index (χ1v) is 6.46. The Labute approximate surface area is 108 Å². The highest BCUT2D eigenvalue weighted by Gasteiger charge is 2.03. The molecule has 1 aromatic heterocycles. The molecule has 0 spiro atoms. The molecule has 0 saturated heterocycles. The van der Waals surface area contributed by atoms with E-state index in [4.69, 9.17) is 10.6 Å². The average Bonchev–Trinajstić information content (AvgIpc) is 2.41. The molecule has 0 aliphatic heterocycles. The van der Waals surface area contributed by atoms with Gasteiger partial charge in [0.2, 0.25) is 0 Å². The van der Waals surface area contributed by atoms with Gasteiger partial charge in [-0.3, -0.25) is 0 Å². The van der Waals surface area contributed by atoms with Crippen LogP contribution in [0.5, 0.6) is 0 Å². The average molecular weight is 253 g/mol. The van der Waals surface area contributed by atoms with Crippen LogP contribution in [0.4, 0.5) is 11.6 Å². The maximum atomic E-state index is 5.38. The Hall–Kier alpha value is -1.40. The second-order valence-electron chi connectivity index (χ2n) is 3.97. The summed E-state index contributed by atoms with van der Waals surface area (Å²) >= 11 is 0. The van der Waals surface area contributed by atoms with Crippen molar-refractivity contribution >= 4 is 11.6 Å². The standard InChI is InChI=1S/C12H23N5O/c1-3-5-6-7-14-10-8-11(17-13)16-12(15-10)9-18-4-2/h8H,3-7,9,13H2,1-2H3,(H2,14,15,16,17). The number of nitrogen functional groups attached to an aromatic ring is 1. The van der Waals surface area contributed by atoms with Gasteiger partial charge in [-0.05, 0) is 13.3 Å². The van der Waals surface area contributed by atoms with Crippen LogP contribution in [-0.4, -0.2) is 23.1 Å². The lowest BCUT2D eigenvalue weighted by Crippen LogP contribution is -2.13. The molecule has 0 aromatic carbocycles. The smallest absolute Gasteiger partial charge is 0.158 e. The molecule has 4 N–H and O–H groups in total. The Morgan fingerprint density at radius 2 is 2.00 bits per heavy atom. The zero-order valence-electron chi connectivity index (χ0n) is 11.2. The van der Waals surface area contributed by atoms with Crippen LogP contribution in [0.1, 0.15) is 38.9 Å². The molecule has 1 rings (SSSR count). The number of rotatable bonds is 9. The fourth-order valence-electron chi connectivity index (χ4n) is 1.51. The van der Waals surface area contributed by atoms with Crippen LogP contribution in [0.25, 0.3) is 0 Å². The van der Waals surface area contributed by atoms with Crippen molar-refractivity contribution in [1.82, 2.24) is 9.97 Å². The molecule has 0 saturated carbocycles. The molecule has 102 valence electrons. The van der Waals surface area contributed by atoms with Crippen molar-refractivity contribution in [2.24, 2.45) is 5.84 Å². The largest absolute Gasteiger partial charge is 0.374 e. The molecule has 6 heteroatoms. The minimum atomic E-state index is 0.398. The van der Waals surface area contributed by atoms with Gasteiger partial charge in [-0.15, -0.1) is 0 Å². The summed E-state index contributed by atoms with van der Waals surface area (Å²) in [6.45, 7) is 6.07. The summed E-state index contributed by atoms with van der Waals surface area (Å²) in [6.07, 6.45) is 3.55. The monoisotopic (exact) mass is 253 g/mol. The number of aromatic nitrogens is 2. The van der Waals surface area contributed by atoms with E-state index < -0.39 is 0 Å². The fourth-order valence-corrected chi connectivity index (χ4v) is 1.51. The molecule has 0 aliphatic rings. The molecule has 0 amide bonds. The number of ether oxygens (including phenoxy) is 1. The molecule has 0 atom stereocenters. The molecule has 0 bridgehead atoms. The molecular formula is C12H23N5O. The van der Waals surface area contributed by atoms with E-state index in [2.05, 4.69) is 27.6 Å². The van der Waals surface area contributed by atoms with Gasteiger partial charge in [0.1, 0.15) is 18.2 Å². The predicted molar refractivity (Wildman–Crippen MR) is 73.2 cm³/mol. The summed E-state index contributed by atoms with van der Waals surface area (Å²) < 4.78 is 5.30. The third-order valence-electron chi connectivity index (χ3n) is 2.44. The van der Waals surface area contributed by atoms with Crippen molar-refractivity contribution in [3.8, 4) is 0 Å². The highest BCUT2D eigenvalue weighted by Crippen LogP contribution is 2.11. The quantitative estimate of drug-likeness (QED) is 0.354. The van der Waals surface area contributed by atoms with Crippen molar-refractivity contribution in [3.05, 3.63) is 11.9 Å². The van der Waals surface area contributed by atoms with Crippen LogP contribution >= 0.6 is 0 Å². The Bertz CT molecular complexity index is 345. The van der Waals surface area contributed by atoms with E-state index >= 15 is 0 Å². The Balaban J connectivity index is 2.58. The lowest BCUT2D eigenvalue weighted by Gasteiger charge is -2.09. The Kier molecular flexibility index (Phi) is 7.05. The number of anilines is 2. The van der Waals surface area contributed by atoms with Crippen LogP contribution < -0.4 is 16.6 Å². The second-order valence-corrected chi connectivity index (χ2v) is 3.97. The number of hydrogen-bond acceptors (Lipinski definition) is 6. The molecule has 0 aliphatic carbocycles. The van der Waals surface area contributed by atoms with Gasteiger partial charge < -0.3 is 15.5 Å². The van der Waals surface area contributed by atoms with Gasteiger partial charge in [-0.1, -0.05) is 19.8 Å². The summed E-state index contributed by atoms with van der Waals surface area (Å²) in [5, 5.41) is 3.27. The number of nitrogens with two attached hydrogens (primary N) is 1. The number of nitrogens with zero attached hydrogens (tertiary/aromatic N) is 2. The van der Waals surface area contributed by atoms with Crippen molar-refractivity contribution < 1.29 is 4.74 Å². The van der Waals surface area contributed by atoms with E-state index in [-0.39, 0.29) is 0 Å². The predicted octanol–water partition coefficient (Wildman–Crippen LogP) is 1.90. The fraction of sp³-hybridized carbons (Fsp3) is 0.667. The Morgan fingerprint density at radius 1 is 1.22 bits per heavy atom. The van der Waals surface area contributed by atoms with Crippen molar-refractivity contribution in [2.75, 3.05) is 23.9 Å². The molecule has 18 heavy (non-hydrogen) atoms. The molecule has 6 nitrogen and oxygen atoms in total. The van der Waals surface area contributed by atoms with Gasteiger partial charge in [-0.2, -0.15) is 0 Å². The van der Waals surface area contributed by atoms with Crippen molar-refractivity contribution in [3.63, 3.8) is 0 Å². The maximum Gasteiger partial charge on any atom is 0.158 e. The van der Waals surface area contributed by atoms with E-state index in [1.54, 1.807) is 6.07 Å². The van der Waals surface area contributed by atoms with Gasteiger partial charge in [-0.25, -0.2) is 15.8 Å². The van der Waals surface area contributed by atoms with Crippen LogP contribution in [0, 0.1) is 0 Å². The van der Waals surface area contributed by atoms with Gasteiger partial charge in [0.15, 0.2) is 5.82 Å². The number of unbranched alkanes of at least 4 members (excludes halogenated alkanes) is 2. The lowest BCUT2D eigenvalue weighted by atomic mass is 10.2. The van der Waals surface area contributed by atoms with Crippen molar-refractivity contribution in [1.29, 1.82) is 0 Å². The van der Waals surface area contributed by atoms with E-state index in [0.717, 1.165) is 18.8 Å². The molecule has 0 unspecified atom stereocenters. The molecular weight excluding hydrogens is 230 g/mol. The number of hydrazine groups is 1. The number of hydrogen-bond donors (Lipinski definition) is 3. The van der Waals surface area contributed by atoms with Gasteiger partial charge in [0.25, 0.3) is 0 Å². The summed E-state index contributed by atoms with van der Waals surface area (Å²) in [4.78, 5) is 8.60. The first-order chi connectivity index (χ1) is 8.80. The highest BCUT2D eigenvalue weighted by molar-refractivity contribution is 5.46. The van der Waals surface area contributed by atoms with Gasteiger partial charge >= 0.3 is 0 Å². The summed E-state index contributed by atoms with van der Waals surface area (Å²) in [5.74, 6) is 7.39. The minimum absolute atomic E-state index is 0.398. The third kappa shape index (κ3) is 5.29. The first-order valence-electron chi connectivity index (χ1n) is 6.46. The van der Waals surface area contributed by atoms with Crippen molar-refractivity contribution in [2.45, 2.75) is 39.7 Å². The van der Waals surface area contributed by atoms with E-state index in [0.29, 0.717) is 24.9 Å². The molecule has 1 aromatic rings. The van der Waals surface area contributed by atoms with E-state index in [1.165, 1.54) is 12.8 Å². The van der Waals surface area contributed by atoms with Crippen LogP contribution in [-0.2, 0) is 11.3 Å². The van der Waals surface area contributed by atoms with Crippen LogP contribution in [0.15, 0.2) is 6.07 Å². The lowest BCUT2D eigenvalue weighted by molar-refractivity contribution is 0.128. The zero-order valence-corrected chi connectivity index (χ0v) is 11.2. The summed E-state index contributed by atoms with van der Waals surface area (Å²) in [6, 6.07) is 1.79. The minimum Gasteiger partial charge on any atom is -0.374 e. The van der Waals surface area contributed by atoms with Gasteiger partial charge in [0, 0.05) is 19.2 Å². The van der Waals surface area contributed by atoms with Crippen LogP contribution in [0.3, 0.4) is 0 Å². The maximum absolute atomic E-state index is 5.38. The van der Waals surface area contributed by atoms with E-state index in [1.807, 2.05) is 6.92 Å². The topological polar surface area (TPSA) is 85.1 Å². The first kappa shape index (κ1) is 14.7. The number of nitrogens with one attached hydrogen (secondary N) is 2. The molecule has 1 heterocycles. The van der Waals surface area contributed by atoms with E-state index in [9.17, 15) is 0 Å². The van der Waals surface area contributed by atoms with Crippen LogP contribution in [0.2, 0.25) is 0 Å². The highest BCUT2D eigenvalue weighted by atomic mass is 16.5. The molecule has 0 fully saturated rings. The third-order valence-corrected chi connectivity index (χ3v) is 2.44. The SMILES string of the molecule is CCCCCNc1cc(NN)nc(COCC)n1. The Morgan fingerprint density at radius 3 is 2.67 bits per heavy atom. The second kappa shape index (κ2) is 8.66.